The van der Waals surface area contributed by atoms with E-state index in [4.69, 9.17) is 5.11 Å². The van der Waals surface area contributed by atoms with Crippen molar-refractivity contribution in [3.8, 4) is 0 Å². The van der Waals surface area contributed by atoms with Gasteiger partial charge in [0.2, 0.25) is 5.95 Å². The number of rotatable bonds is 3. The van der Waals surface area contributed by atoms with E-state index >= 15 is 0 Å². The second-order valence-corrected chi connectivity index (χ2v) is 6.35. The highest BCUT2D eigenvalue weighted by atomic mass is 79.9. The van der Waals surface area contributed by atoms with Crippen LogP contribution in [-0.4, -0.2) is 40.3 Å². The Bertz CT molecular complexity index is 760. The van der Waals surface area contributed by atoms with Crippen LogP contribution in [0.1, 0.15) is 11.5 Å². The van der Waals surface area contributed by atoms with Crippen molar-refractivity contribution in [2.75, 3.05) is 18.0 Å². The van der Waals surface area contributed by atoms with E-state index in [0.29, 0.717) is 10.4 Å². The van der Waals surface area contributed by atoms with Crippen molar-refractivity contribution in [2.24, 2.45) is 0 Å². The van der Waals surface area contributed by atoms with E-state index in [0.717, 1.165) is 18.2 Å². The van der Waals surface area contributed by atoms with E-state index in [-0.39, 0.29) is 18.7 Å². The van der Waals surface area contributed by atoms with Gasteiger partial charge in [0.05, 0.1) is 10.5 Å². The van der Waals surface area contributed by atoms with Gasteiger partial charge in [-0.1, -0.05) is 0 Å². The van der Waals surface area contributed by atoms with E-state index < -0.39 is 29.7 Å². The summed E-state index contributed by atoms with van der Waals surface area (Å²) in [5.41, 5.74) is 0.133. The lowest BCUT2D eigenvalue weighted by Gasteiger charge is -2.18. The molecular weight excluding hydrogens is 386 g/mol. The van der Waals surface area contributed by atoms with Gasteiger partial charge in [-0.05, 0) is 39.7 Å². The molecule has 0 bridgehead atoms. The van der Waals surface area contributed by atoms with Crippen LogP contribution >= 0.6 is 15.9 Å². The van der Waals surface area contributed by atoms with Crippen LogP contribution in [0.5, 0.6) is 0 Å². The lowest BCUT2D eigenvalue weighted by molar-refractivity contribution is 0.189. The molecule has 0 spiro atoms. The van der Waals surface area contributed by atoms with Crippen LogP contribution in [0.25, 0.3) is 0 Å². The number of hydrogen-bond donors (Lipinski definition) is 2. The van der Waals surface area contributed by atoms with Crippen molar-refractivity contribution >= 4 is 28.0 Å². The molecule has 2 heterocycles. The number of nitrogens with one attached hydrogen (secondary N) is 1. The summed E-state index contributed by atoms with van der Waals surface area (Å²) >= 11 is 3.24. The van der Waals surface area contributed by atoms with Gasteiger partial charge < -0.3 is 15.3 Å². The molecule has 24 heavy (non-hydrogen) atoms. The number of halogens is 3. The predicted octanol–water partition coefficient (Wildman–Crippen LogP) is 2.76. The highest BCUT2D eigenvalue weighted by Crippen LogP contribution is 2.32. The maximum atomic E-state index is 14.1. The number of aromatic nitrogens is 2. The Labute approximate surface area is 144 Å². The number of carbonyl (C=O) groups is 1. The third-order valence-electron chi connectivity index (χ3n) is 3.88. The van der Waals surface area contributed by atoms with E-state index in [1.807, 2.05) is 0 Å². The minimum atomic E-state index is -1.22. The molecule has 3 rings (SSSR count). The number of carboxylic acid groups (broad SMARTS) is 1. The van der Waals surface area contributed by atoms with Gasteiger partial charge in [-0.25, -0.2) is 23.5 Å². The molecule has 0 aliphatic carbocycles. The fourth-order valence-electron chi connectivity index (χ4n) is 2.85. The van der Waals surface area contributed by atoms with E-state index in [9.17, 15) is 13.6 Å². The van der Waals surface area contributed by atoms with Crippen molar-refractivity contribution in [2.45, 2.75) is 12.0 Å². The summed E-state index contributed by atoms with van der Waals surface area (Å²) in [4.78, 5) is 21.1. The standard InChI is InChI=1S/C15H13BrF2N4O2/c16-8-4-19-14(20-5-8)22-6-11(13(7-22)21-15(23)24)10-3-9(17)1-2-12(10)18/h1-5,11,13,21H,6-7H2,(H,23,24)/t11-,13+/m1/s1. The maximum absolute atomic E-state index is 14.1. The highest BCUT2D eigenvalue weighted by Gasteiger charge is 2.37. The fourth-order valence-corrected chi connectivity index (χ4v) is 3.06. The van der Waals surface area contributed by atoms with Crippen molar-refractivity contribution in [1.29, 1.82) is 0 Å². The van der Waals surface area contributed by atoms with Gasteiger partial charge in [-0.2, -0.15) is 0 Å². The quantitative estimate of drug-likeness (QED) is 0.830. The Kier molecular flexibility index (Phi) is 4.61. The van der Waals surface area contributed by atoms with Gasteiger partial charge in [0.25, 0.3) is 0 Å². The molecule has 1 aliphatic heterocycles. The Hall–Kier alpha value is -2.29. The van der Waals surface area contributed by atoms with Gasteiger partial charge in [-0.3, -0.25) is 0 Å². The molecule has 0 saturated carbocycles. The molecule has 1 aliphatic rings. The van der Waals surface area contributed by atoms with Crippen LogP contribution in [0.2, 0.25) is 0 Å². The Morgan fingerprint density at radius 1 is 1.29 bits per heavy atom. The summed E-state index contributed by atoms with van der Waals surface area (Å²) in [5.74, 6) is -1.30. The Morgan fingerprint density at radius 2 is 2.00 bits per heavy atom. The SMILES string of the molecule is O=C(O)N[C@H]1CN(c2ncc(Br)cn2)C[C@@H]1c1cc(F)ccc1F. The van der Waals surface area contributed by atoms with Gasteiger partial charge in [0.1, 0.15) is 11.6 Å². The van der Waals surface area contributed by atoms with Crippen LogP contribution in [0.15, 0.2) is 35.1 Å². The summed E-state index contributed by atoms with van der Waals surface area (Å²) in [5, 5.41) is 11.4. The molecule has 2 atom stereocenters. The van der Waals surface area contributed by atoms with Crippen molar-refractivity contribution < 1.29 is 18.7 Å². The lowest BCUT2D eigenvalue weighted by atomic mass is 9.94. The summed E-state index contributed by atoms with van der Waals surface area (Å²) in [6.45, 7) is 0.529. The third-order valence-corrected chi connectivity index (χ3v) is 4.29. The molecule has 0 radical (unpaired) electrons. The van der Waals surface area contributed by atoms with Crippen LogP contribution in [0.4, 0.5) is 19.5 Å². The lowest BCUT2D eigenvalue weighted by Crippen LogP contribution is -2.39. The average molecular weight is 399 g/mol. The second kappa shape index (κ2) is 6.68. The number of hydrogen-bond acceptors (Lipinski definition) is 4. The first-order chi connectivity index (χ1) is 11.4. The first-order valence-electron chi connectivity index (χ1n) is 7.11. The normalized spacial score (nSPS) is 20.2. The number of nitrogens with zero attached hydrogens (tertiary/aromatic N) is 3. The topological polar surface area (TPSA) is 78.4 Å². The zero-order valence-electron chi connectivity index (χ0n) is 12.3. The molecule has 6 nitrogen and oxygen atoms in total. The molecule has 2 aromatic rings. The van der Waals surface area contributed by atoms with Crippen LogP contribution in [0, 0.1) is 11.6 Å². The molecule has 1 saturated heterocycles. The van der Waals surface area contributed by atoms with E-state index in [2.05, 4.69) is 31.2 Å². The molecule has 9 heteroatoms. The minimum Gasteiger partial charge on any atom is -0.465 e. The van der Waals surface area contributed by atoms with Crippen molar-refractivity contribution in [3.63, 3.8) is 0 Å². The predicted molar refractivity (Wildman–Crippen MR) is 86.0 cm³/mol. The van der Waals surface area contributed by atoms with Gasteiger partial charge in [0.15, 0.2) is 0 Å². The second-order valence-electron chi connectivity index (χ2n) is 5.43. The first kappa shape index (κ1) is 16.6. The van der Waals surface area contributed by atoms with Gasteiger partial charge >= 0.3 is 6.09 Å². The zero-order chi connectivity index (χ0) is 17.3. The number of amides is 1. The molecule has 126 valence electrons. The fraction of sp³-hybridized carbons (Fsp3) is 0.267. The molecule has 1 fully saturated rings. The molecular formula is C15H13BrF2N4O2. The van der Waals surface area contributed by atoms with Crippen molar-refractivity contribution in [3.05, 3.63) is 52.3 Å². The summed E-state index contributed by atoms with van der Waals surface area (Å²) < 4.78 is 28.3. The van der Waals surface area contributed by atoms with Gasteiger partial charge in [0, 0.05) is 31.4 Å². The zero-order valence-corrected chi connectivity index (χ0v) is 13.9. The summed E-state index contributed by atoms with van der Waals surface area (Å²) in [7, 11) is 0. The summed E-state index contributed by atoms with van der Waals surface area (Å²) in [6, 6.07) is 2.57. The van der Waals surface area contributed by atoms with Gasteiger partial charge in [-0.15, -0.1) is 0 Å². The minimum absolute atomic E-state index is 0.133. The molecule has 2 N–H and O–H groups in total. The summed E-state index contributed by atoms with van der Waals surface area (Å²) in [6.07, 6.45) is 1.91. The largest absolute Gasteiger partial charge is 0.465 e. The number of anilines is 1. The van der Waals surface area contributed by atoms with Crippen LogP contribution < -0.4 is 10.2 Å². The third kappa shape index (κ3) is 3.45. The Morgan fingerprint density at radius 3 is 2.67 bits per heavy atom. The van der Waals surface area contributed by atoms with E-state index in [1.165, 1.54) is 0 Å². The van der Waals surface area contributed by atoms with Crippen molar-refractivity contribution in [1.82, 2.24) is 15.3 Å². The molecule has 1 aromatic heterocycles. The highest BCUT2D eigenvalue weighted by molar-refractivity contribution is 9.10. The molecule has 0 unspecified atom stereocenters. The molecule has 1 amide bonds. The monoisotopic (exact) mass is 398 g/mol. The smallest absolute Gasteiger partial charge is 0.404 e. The Balaban J connectivity index is 1.92. The average Bonchev–Trinajstić information content (AvgIpc) is 2.93. The van der Waals surface area contributed by atoms with Crippen LogP contribution in [0.3, 0.4) is 0 Å². The molecule has 1 aromatic carbocycles. The van der Waals surface area contributed by atoms with Crippen LogP contribution in [-0.2, 0) is 0 Å². The maximum Gasteiger partial charge on any atom is 0.404 e. The number of benzene rings is 1. The first-order valence-corrected chi connectivity index (χ1v) is 7.90. The van der Waals surface area contributed by atoms with E-state index in [1.54, 1.807) is 17.3 Å².